The highest BCUT2D eigenvalue weighted by atomic mass is 19.4. The van der Waals surface area contributed by atoms with Crippen molar-refractivity contribution in [2.24, 2.45) is 10.7 Å². The molecule has 1 aromatic carbocycles. The molecule has 0 bridgehead atoms. The van der Waals surface area contributed by atoms with Crippen LogP contribution in [0.1, 0.15) is 29.8 Å². The number of aryl methyl sites for hydroxylation is 1. The Labute approximate surface area is 167 Å². The van der Waals surface area contributed by atoms with E-state index in [0.717, 1.165) is 19.1 Å². The van der Waals surface area contributed by atoms with Crippen LogP contribution in [-0.4, -0.2) is 30.0 Å². The van der Waals surface area contributed by atoms with Gasteiger partial charge in [-0.25, -0.2) is 14.4 Å². The van der Waals surface area contributed by atoms with Crippen molar-refractivity contribution in [3.63, 3.8) is 0 Å². The Bertz CT molecular complexity index is 972. The van der Waals surface area contributed by atoms with Crippen LogP contribution in [0.25, 0.3) is 0 Å². The van der Waals surface area contributed by atoms with E-state index in [1.54, 1.807) is 0 Å². The maximum Gasteiger partial charge on any atom is 0.451 e. The molecule has 1 aromatic heterocycles. The molecule has 0 radical (unpaired) electrons. The van der Waals surface area contributed by atoms with Gasteiger partial charge in [0, 0.05) is 31.1 Å². The van der Waals surface area contributed by atoms with Crippen molar-refractivity contribution in [3.05, 3.63) is 46.9 Å². The van der Waals surface area contributed by atoms with Crippen LogP contribution in [0.3, 0.4) is 0 Å². The van der Waals surface area contributed by atoms with E-state index in [4.69, 9.17) is 10.5 Å². The molecule has 0 amide bonds. The van der Waals surface area contributed by atoms with Gasteiger partial charge < -0.3 is 20.2 Å². The van der Waals surface area contributed by atoms with Gasteiger partial charge in [-0.3, -0.25) is 0 Å². The van der Waals surface area contributed by atoms with Crippen molar-refractivity contribution in [1.29, 1.82) is 0 Å². The molecule has 12 heteroatoms. The predicted molar refractivity (Wildman–Crippen MR) is 94.7 cm³/mol. The number of hydrogen-bond acceptors (Lipinski definition) is 6. The molecule has 0 saturated carbocycles. The van der Waals surface area contributed by atoms with E-state index >= 15 is 0 Å². The molecule has 1 aliphatic rings. The summed E-state index contributed by atoms with van der Waals surface area (Å²) in [7, 11) is 0. The standard InChI is InChI=1S/C18H18F6N4O2/c1-9-28-13(14(29-9)18(22,23)24)5-6-26-10-3-4-12(19)11(7-10)16(2)17(20,21)8-27-15(25)30-16/h3-4,7,26H,5-6,8H2,1-2H3,(H2,25,27)/t16-/m1/s1. The lowest BCUT2D eigenvalue weighted by Crippen LogP contribution is -2.53. The Hall–Kier alpha value is -2.92. The first-order valence-corrected chi connectivity index (χ1v) is 8.77. The molecule has 3 rings (SSSR count). The van der Waals surface area contributed by atoms with Gasteiger partial charge in [0.1, 0.15) is 12.4 Å². The van der Waals surface area contributed by atoms with Crippen molar-refractivity contribution in [2.75, 3.05) is 18.4 Å². The summed E-state index contributed by atoms with van der Waals surface area (Å²) < 4.78 is 91.8. The Morgan fingerprint density at radius 2 is 1.97 bits per heavy atom. The summed E-state index contributed by atoms with van der Waals surface area (Å²) >= 11 is 0. The van der Waals surface area contributed by atoms with Crippen LogP contribution in [0.15, 0.2) is 27.6 Å². The second-order valence-electron chi connectivity index (χ2n) is 6.87. The van der Waals surface area contributed by atoms with Crippen LogP contribution in [0.5, 0.6) is 0 Å². The number of aromatic nitrogens is 1. The number of rotatable bonds is 5. The van der Waals surface area contributed by atoms with Gasteiger partial charge in [-0.2, -0.15) is 22.0 Å². The van der Waals surface area contributed by atoms with E-state index in [2.05, 4.69) is 19.7 Å². The van der Waals surface area contributed by atoms with Crippen molar-refractivity contribution in [1.82, 2.24) is 4.98 Å². The SMILES string of the molecule is Cc1nc(CCNc2ccc(F)c([C@@]3(C)OC(N)=NCC3(F)F)c2)c(C(F)(F)F)o1. The summed E-state index contributed by atoms with van der Waals surface area (Å²) in [6, 6.07) is 2.81. The number of hydrogen-bond donors (Lipinski definition) is 2. The molecule has 164 valence electrons. The molecule has 0 aliphatic carbocycles. The second-order valence-corrected chi connectivity index (χ2v) is 6.87. The zero-order chi connectivity index (χ0) is 22.3. The molecule has 0 unspecified atom stereocenters. The molecule has 0 fully saturated rings. The topological polar surface area (TPSA) is 85.7 Å². The second kappa shape index (κ2) is 7.40. The van der Waals surface area contributed by atoms with Gasteiger partial charge in [0.25, 0.3) is 6.02 Å². The van der Waals surface area contributed by atoms with Crippen LogP contribution >= 0.6 is 0 Å². The normalized spacial score (nSPS) is 21.1. The lowest BCUT2D eigenvalue weighted by atomic mass is 9.87. The average Bonchev–Trinajstić information content (AvgIpc) is 3.01. The Kier molecular flexibility index (Phi) is 5.37. The number of benzene rings is 1. The van der Waals surface area contributed by atoms with Crippen molar-refractivity contribution in [2.45, 2.75) is 38.0 Å². The largest absolute Gasteiger partial charge is 0.451 e. The minimum absolute atomic E-state index is 0.0440. The quantitative estimate of drug-likeness (QED) is 0.693. The van der Waals surface area contributed by atoms with Crippen LogP contribution in [0, 0.1) is 12.7 Å². The number of ether oxygens (including phenoxy) is 1. The average molecular weight is 436 g/mol. The number of nitrogens with one attached hydrogen (secondary N) is 1. The summed E-state index contributed by atoms with van der Waals surface area (Å²) in [5.41, 5.74) is 2.42. The summed E-state index contributed by atoms with van der Waals surface area (Å²) in [5.74, 6) is -5.83. The molecule has 2 heterocycles. The molecule has 6 nitrogen and oxygen atoms in total. The molecule has 0 spiro atoms. The Balaban J connectivity index is 1.80. The smallest absolute Gasteiger partial charge is 0.448 e. The van der Waals surface area contributed by atoms with Crippen molar-refractivity contribution >= 4 is 11.7 Å². The van der Waals surface area contributed by atoms with Crippen LogP contribution in [0.2, 0.25) is 0 Å². The van der Waals surface area contributed by atoms with Gasteiger partial charge >= 0.3 is 12.1 Å². The third-order valence-electron chi connectivity index (χ3n) is 4.67. The number of amidine groups is 1. The fraction of sp³-hybridized carbons (Fsp3) is 0.444. The van der Waals surface area contributed by atoms with Gasteiger partial charge in [-0.05, 0) is 25.1 Å². The summed E-state index contributed by atoms with van der Waals surface area (Å²) in [4.78, 5) is 7.06. The number of nitrogens with two attached hydrogens (primary N) is 1. The first-order chi connectivity index (χ1) is 13.8. The van der Waals surface area contributed by atoms with Gasteiger partial charge in [-0.1, -0.05) is 0 Å². The number of alkyl halides is 5. The highest BCUT2D eigenvalue weighted by molar-refractivity contribution is 5.73. The number of aliphatic imine (C=N–C) groups is 1. The number of anilines is 1. The molecular weight excluding hydrogens is 418 g/mol. The maximum atomic E-state index is 14.5. The first kappa shape index (κ1) is 21.8. The fourth-order valence-electron chi connectivity index (χ4n) is 3.08. The molecule has 1 atom stereocenters. The number of nitrogens with zero attached hydrogens (tertiary/aromatic N) is 2. The van der Waals surface area contributed by atoms with Crippen LogP contribution < -0.4 is 11.1 Å². The molecule has 30 heavy (non-hydrogen) atoms. The summed E-state index contributed by atoms with van der Waals surface area (Å²) in [5, 5.41) is 2.77. The number of oxazole rings is 1. The van der Waals surface area contributed by atoms with Gasteiger partial charge in [0.05, 0.1) is 5.69 Å². The molecule has 3 N–H and O–H groups in total. The monoisotopic (exact) mass is 436 g/mol. The van der Waals surface area contributed by atoms with Gasteiger partial charge in [0.2, 0.25) is 11.4 Å². The lowest BCUT2D eigenvalue weighted by Gasteiger charge is -2.39. The third kappa shape index (κ3) is 4.03. The highest BCUT2D eigenvalue weighted by Crippen LogP contribution is 2.44. The van der Waals surface area contributed by atoms with Gasteiger partial charge in [0.15, 0.2) is 5.89 Å². The van der Waals surface area contributed by atoms with E-state index in [-0.39, 0.29) is 30.2 Å². The molecule has 0 saturated heterocycles. The van der Waals surface area contributed by atoms with Gasteiger partial charge in [-0.15, -0.1) is 0 Å². The van der Waals surface area contributed by atoms with Crippen LogP contribution in [0.4, 0.5) is 32.0 Å². The maximum absolute atomic E-state index is 14.5. The Morgan fingerprint density at radius 1 is 1.27 bits per heavy atom. The molecular formula is C18H18F6N4O2. The molecule has 1 aliphatic heterocycles. The minimum atomic E-state index is -4.69. The fourth-order valence-corrected chi connectivity index (χ4v) is 3.08. The zero-order valence-corrected chi connectivity index (χ0v) is 15.9. The van der Waals surface area contributed by atoms with E-state index in [1.165, 1.54) is 13.0 Å². The summed E-state index contributed by atoms with van der Waals surface area (Å²) in [6.45, 7) is 1.26. The van der Waals surface area contributed by atoms with Crippen LogP contribution in [-0.2, 0) is 22.9 Å². The molecule has 2 aromatic rings. The third-order valence-corrected chi connectivity index (χ3v) is 4.67. The van der Waals surface area contributed by atoms with E-state index in [0.29, 0.717) is 0 Å². The highest BCUT2D eigenvalue weighted by Gasteiger charge is 2.57. The summed E-state index contributed by atoms with van der Waals surface area (Å²) in [6.07, 6.45) is -4.86. The van der Waals surface area contributed by atoms with E-state index in [1.807, 2.05) is 0 Å². The van der Waals surface area contributed by atoms with Crippen molar-refractivity contribution in [3.8, 4) is 0 Å². The lowest BCUT2D eigenvalue weighted by molar-refractivity contribution is -0.173. The Morgan fingerprint density at radius 3 is 2.63 bits per heavy atom. The zero-order valence-electron chi connectivity index (χ0n) is 15.9. The van der Waals surface area contributed by atoms with Crippen molar-refractivity contribution < 1.29 is 35.5 Å². The van der Waals surface area contributed by atoms with E-state index < -0.39 is 47.4 Å². The number of halogens is 6. The van der Waals surface area contributed by atoms with E-state index in [9.17, 15) is 26.3 Å². The minimum Gasteiger partial charge on any atom is -0.448 e. The predicted octanol–water partition coefficient (Wildman–Crippen LogP) is 3.99. The first-order valence-electron chi connectivity index (χ1n) is 8.77.